The molecule has 1 fully saturated rings. The van der Waals surface area contributed by atoms with Crippen LogP contribution in [0.5, 0.6) is 0 Å². The Morgan fingerprint density at radius 3 is 2.35 bits per heavy atom. The molecule has 0 bridgehead atoms. The average molecular weight is 317 g/mol. The summed E-state index contributed by atoms with van der Waals surface area (Å²) in [6.07, 6.45) is 3.78. The Hall–Kier alpha value is -0.920. The van der Waals surface area contributed by atoms with E-state index >= 15 is 0 Å². The van der Waals surface area contributed by atoms with Gasteiger partial charge >= 0.3 is 0 Å². The third kappa shape index (κ3) is 3.05. The van der Waals surface area contributed by atoms with Crippen molar-refractivity contribution in [3.63, 3.8) is 0 Å². The number of rotatable bonds is 3. The standard InChI is InChI=1S/C13H19NO4S2/c1-11-6-3-4-9-14(11)20(17,18)13-8-5-7-12(10-13)19(2,15)16/h5,7-8,10-11H,3-4,6,9H2,1-2H3. The second-order valence-electron chi connectivity index (χ2n) is 5.21. The van der Waals surface area contributed by atoms with Crippen molar-refractivity contribution in [2.75, 3.05) is 12.8 Å². The van der Waals surface area contributed by atoms with Crippen LogP contribution in [0.3, 0.4) is 0 Å². The van der Waals surface area contributed by atoms with E-state index in [1.807, 2.05) is 6.92 Å². The summed E-state index contributed by atoms with van der Waals surface area (Å²) in [5.41, 5.74) is 0. The fourth-order valence-electron chi connectivity index (χ4n) is 2.43. The summed E-state index contributed by atoms with van der Waals surface area (Å²) < 4.78 is 49.8. The van der Waals surface area contributed by atoms with Gasteiger partial charge in [-0.15, -0.1) is 0 Å². The van der Waals surface area contributed by atoms with E-state index in [1.165, 1.54) is 28.6 Å². The van der Waals surface area contributed by atoms with Crippen molar-refractivity contribution >= 4 is 19.9 Å². The summed E-state index contributed by atoms with van der Waals surface area (Å²) in [7, 11) is -7.04. The molecule has 1 aliphatic heterocycles. The van der Waals surface area contributed by atoms with Crippen molar-refractivity contribution in [2.45, 2.75) is 42.0 Å². The van der Waals surface area contributed by atoms with Gasteiger partial charge in [0.2, 0.25) is 10.0 Å². The van der Waals surface area contributed by atoms with Crippen LogP contribution in [-0.4, -0.2) is 40.0 Å². The molecule has 20 heavy (non-hydrogen) atoms. The van der Waals surface area contributed by atoms with Gasteiger partial charge in [-0.25, -0.2) is 16.8 Å². The third-order valence-corrected chi connectivity index (χ3v) is 6.70. The molecule has 0 N–H and O–H groups in total. The number of benzene rings is 1. The summed E-state index contributed by atoms with van der Waals surface area (Å²) in [6.45, 7) is 2.38. The molecule has 0 aliphatic carbocycles. The Morgan fingerprint density at radius 2 is 1.75 bits per heavy atom. The summed E-state index contributed by atoms with van der Waals surface area (Å²) >= 11 is 0. The maximum Gasteiger partial charge on any atom is 0.243 e. The van der Waals surface area contributed by atoms with Gasteiger partial charge in [0.15, 0.2) is 9.84 Å². The normalized spacial score (nSPS) is 21.8. The van der Waals surface area contributed by atoms with Gasteiger partial charge < -0.3 is 0 Å². The third-order valence-electron chi connectivity index (χ3n) is 3.58. The van der Waals surface area contributed by atoms with Gasteiger partial charge in [-0.2, -0.15) is 4.31 Å². The topological polar surface area (TPSA) is 71.5 Å². The van der Waals surface area contributed by atoms with Gasteiger partial charge in [-0.05, 0) is 38.0 Å². The lowest BCUT2D eigenvalue weighted by molar-refractivity contribution is 0.268. The molecule has 1 aliphatic rings. The molecular formula is C13H19NO4S2. The molecule has 0 saturated carbocycles. The monoisotopic (exact) mass is 317 g/mol. The van der Waals surface area contributed by atoms with E-state index in [2.05, 4.69) is 0 Å². The van der Waals surface area contributed by atoms with Crippen LogP contribution in [0.4, 0.5) is 0 Å². The van der Waals surface area contributed by atoms with Crippen molar-refractivity contribution in [2.24, 2.45) is 0 Å². The second-order valence-corrected chi connectivity index (χ2v) is 9.11. The van der Waals surface area contributed by atoms with Crippen LogP contribution in [0, 0.1) is 0 Å². The van der Waals surface area contributed by atoms with Gasteiger partial charge in [0, 0.05) is 18.8 Å². The first-order chi connectivity index (χ1) is 9.23. The van der Waals surface area contributed by atoms with E-state index in [9.17, 15) is 16.8 Å². The van der Waals surface area contributed by atoms with Crippen LogP contribution in [0.1, 0.15) is 26.2 Å². The molecule has 7 heteroatoms. The molecule has 0 amide bonds. The summed E-state index contributed by atoms with van der Waals surface area (Å²) in [5.74, 6) is 0. The molecule has 1 aromatic carbocycles. The SMILES string of the molecule is CC1CCCCN1S(=O)(=O)c1cccc(S(C)(=O)=O)c1. The van der Waals surface area contributed by atoms with Crippen LogP contribution in [0.25, 0.3) is 0 Å². The highest BCUT2D eigenvalue weighted by Crippen LogP contribution is 2.26. The Morgan fingerprint density at radius 1 is 1.10 bits per heavy atom. The smallest absolute Gasteiger partial charge is 0.224 e. The Bertz CT molecular complexity index is 695. The maximum absolute atomic E-state index is 12.6. The highest BCUT2D eigenvalue weighted by molar-refractivity contribution is 7.91. The van der Waals surface area contributed by atoms with Gasteiger partial charge in [0.1, 0.15) is 0 Å². The van der Waals surface area contributed by atoms with Gasteiger partial charge in [0.25, 0.3) is 0 Å². The van der Waals surface area contributed by atoms with Crippen LogP contribution in [0.15, 0.2) is 34.1 Å². The van der Waals surface area contributed by atoms with E-state index in [4.69, 9.17) is 0 Å². The molecule has 1 aromatic rings. The van der Waals surface area contributed by atoms with Crippen LogP contribution >= 0.6 is 0 Å². The largest absolute Gasteiger partial charge is 0.243 e. The average Bonchev–Trinajstić information content (AvgIpc) is 2.38. The maximum atomic E-state index is 12.6. The molecule has 0 radical (unpaired) electrons. The minimum Gasteiger partial charge on any atom is -0.224 e. The first-order valence-electron chi connectivity index (χ1n) is 6.55. The predicted octanol–water partition coefficient (Wildman–Crippen LogP) is 1.65. The van der Waals surface area contributed by atoms with E-state index < -0.39 is 19.9 Å². The van der Waals surface area contributed by atoms with Gasteiger partial charge in [-0.1, -0.05) is 12.5 Å². The van der Waals surface area contributed by atoms with E-state index in [-0.39, 0.29) is 15.8 Å². The number of piperidine rings is 1. The molecule has 112 valence electrons. The quantitative estimate of drug-likeness (QED) is 0.850. The molecule has 1 heterocycles. The van der Waals surface area contributed by atoms with E-state index in [0.717, 1.165) is 25.5 Å². The summed E-state index contributed by atoms with van der Waals surface area (Å²) in [6, 6.07) is 5.53. The molecular weight excluding hydrogens is 298 g/mol. The number of nitrogens with zero attached hydrogens (tertiary/aromatic N) is 1. The number of sulfone groups is 1. The van der Waals surface area contributed by atoms with Crippen molar-refractivity contribution in [3.8, 4) is 0 Å². The van der Waals surface area contributed by atoms with Gasteiger partial charge in [-0.3, -0.25) is 0 Å². The lowest BCUT2D eigenvalue weighted by Gasteiger charge is -2.32. The Labute approximate surface area is 120 Å². The van der Waals surface area contributed by atoms with Crippen molar-refractivity contribution in [1.82, 2.24) is 4.31 Å². The second kappa shape index (κ2) is 5.46. The molecule has 1 saturated heterocycles. The Kier molecular flexibility index (Phi) is 4.22. The highest BCUT2D eigenvalue weighted by Gasteiger charge is 2.31. The van der Waals surface area contributed by atoms with Crippen molar-refractivity contribution in [1.29, 1.82) is 0 Å². The molecule has 1 unspecified atom stereocenters. The van der Waals surface area contributed by atoms with Crippen molar-refractivity contribution in [3.05, 3.63) is 24.3 Å². The minimum absolute atomic E-state index is 0.0308. The summed E-state index contributed by atoms with van der Waals surface area (Å²) in [4.78, 5) is 0.0809. The fourth-order valence-corrected chi connectivity index (χ4v) is 4.92. The molecule has 0 spiro atoms. The minimum atomic E-state index is -3.63. The zero-order valence-corrected chi connectivity index (χ0v) is 13.2. The van der Waals surface area contributed by atoms with Crippen LogP contribution in [0.2, 0.25) is 0 Å². The molecule has 1 atom stereocenters. The predicted molar refractivity (Wildman–Crippen MR) is 76.8 cm³/mol. The zero-order valence-electron chi connectivity index (χ0n) is 11.6. The van der Waals surface area contributed by atoms with Crippen LogP contribution in [-0.2, 0) is 19.9 Å². The number of hydrogen-bond acceptors (Lipinski definition) is 4. The zero-order chi connectivity index (χ0) is 15.0. The fraction of sp³-hybridized carbons (Fsp3) is 0.538. The highest BCUT2D eigenvalue weighted by atomic mass is 32.2. The van der Waals surface area contributed by atoms with Crippen molar-refractivity contribution < 1.29 is 16.8 Å². The first-order valence-corrected chi connectivity index (χ1v) is 9.88. The number of sulfonamides is 1. The summed E-state index contributed by atoms with van der Waals surface area (Å²) in [5, 5.41) is 0. The lowest BCUT2D eigenvalue weighted by Crippen LogP contribution is -2.41. The van der Waals surface area contributed by atoms with Gasteiger partial charge in [0.05, 0.1) is 9.79 Å². The first kappa shape index (κ1) is 15.5. The molecule has 5 nitrogen and oxygen atoms in total. The number of hydrogen-bond donors (Lipinski definition) is 0. The van der Waals surface area contributed by atoms with Crippen LogP contribution < -0.4 is 0 Å². The Balaban J connectivity index is 2.44. The van der Waals surface area contributed by atoms with E-state index in [0.29, 0.717) is 6.54 Å². The van der Waals surface area contributed by atoms with E-state index in [1.54, 1.807) is 0 Å². The molecule has 2 rings (SSSR count). The molecule has 0 aromatic heterocycles. The lowest BCUT2D eigenvalue weighted by atomic mass is 10.1.